The molecular formula is C20H23FN4O3. The molecule has 1 amide bonds. The van der Waals surface area contributed by atoms with Gasteiger partial charge < -0.3 is 19.7 Å². The molecule has 8 heteroatoms. The number of anilines is 1. The van der Waals surface area contributed by atoms with Crippen molar-refractivity contribution in [2.45, 2.75) is 25.0 Å². The van der Waals surface area contributed by atoms with Crippen molar-refractivity contribution in [3.63, 3.8) is 0 Å². The van der Waals surface area contributed by atoms with Crippen molar-refractivity contribution in [2.75, 3.05) is 38.2 Å². The van der Waals surface area contributed by atoms with E-state index in [2.05, 4.69) is 15.3 Å². The van der Waals surface area contributed by atoms with Crippen LogP contribution in [0.4, 0.5) is 10.3 Å². The van der Waals surface area contributed by atoms with E-state index in [0.717, 1.165) is 5.56 Å². The largest absolute Gasteiger partial charge is 0.354 e. The zero-order valence-corrected chi connectivity index (χ0v) is 15.6. The van der Waals surface area contributed by atoms with E-state index in [9.17, 15) is 9.18 Å². The zero-order valence-electron chi connectivity index (χ0n) is 15.6. The van der Waals surface area contributed by atoms with Gasteiger partial charge in [0.25, 0.3) is 5.91 Å². The fraction of sp³-hybridized carbons (Fsp3) is 0.450. The van der Waals surface area contributed by atoms with Gasteiger partial charge in [0.1, 0.15) is 11.5 Å². The van der Waals surface area contributed by atoms with Crippen LogP contribution in [0.2, 0.25) is 0 Å². The molecule has 0 radical (unpaired) electrons. The number of nitrogens with one attached hydrogen (secondary N) is 1. The van der Waals surface area contributed by atoms with Crippen LogP contribution >= 0.6 is 0 Å². The summed E-state index contributed by atoms with van der Waals surface area (Å²) in [6.07, 6.45) is 3.63. The third kappa shape index (κ3) is 4.28. The van der Waals surface area contributed by atoms with Crippen LogP contribution in [0.5, 0.6) is 0 Å². The molecule has 2 aliphatic heterocycles. The van der Waals surface area contributed by atoms with E-state index in [-0.39, 0.29) is 11.7 Å². The summed E-state index contributed by atoms with van der Waals surface area (Å²) in [6.45, 7) is 2.98. The highest BCUT2D eigenvalue weighted by atomic mass is 19.1. The normalized spacial score (nSPS) is 18.4. The van der Waals surface area contributed by atoms with Crippen molar-refractivity contribution in [1.29, 1.82) is 0 Å². The average Bonchev–Trinajstić information content (AvgIpc) is 3.18. The van der Waals surface area contributed by atoms with E-state index >= 15 is 0 Å². The summed E-state index contributed by atoms with van der Waals surface area (Å²) in [4.78, 5) is 23.1. The first-order valence-corrected chi connectivity index (χ1v) is 9.52. The van der Waals surface area contributed by atoms with Crippen molar-refractivity contribution in [2.24, 2.45) is 0 Å². The summed E-state index contributed by atoms with van der Waals surface area (Å²) in [7, 11) is 0. The fourth-order valence-electron chi connectivity index (χ4n) is 3.53. The Balaban J connectivity index is 1.31. The molecule has 0 atom stereocenters. The zero-order chi connectivity index (χ0) is 19.4. The molecular weight excluding hydrogens is 363 g/mol. The van der Waals surface area contributed by atoms with Crippen LogP contribution in [-0.4, -0.2) is 59.4 Å². The molecule has 2 saturated heterocycles. The van der Waals surface area contributed by atoms with Crippen LogP contribution in [0.25, 0.3) is 0 Å². The fourth-order valence-corrected chi connectivity index (χ4v) is 3.53. The Morgan fingerprint density at radius 2 is 1.86 bits per heavy atom. The maximum atomic E-state index is 12.9. The molecule has 0 unspecified atom stereocenters. The predicted molar refractivity (Wildman–Crippen MR) is 100 cm³/mol. The number of hydrogen-bond donors (Lipinski definition) is 1. The topological polar surface area (TPSA) is 76.6 Å². The van der Waals surface area contributed by atoms with Gasteiger partial charge in [0, 0.05) is 38.7 Å². The Labute approximate surface area is 162 Å². The first-order valence-electron chi connectivity index (χ1n) is 9.52. The molecule has 1 aromatic heterocycles. The summed E-state index contributed by atoms with van der Waals surface area (Å²) in [5.74, 6) is -0.461. The van der Waals surface area contributed by atoms with E-state index in [4.69, 9.17) is 9.47 Å². The Morgan fingerprint density at radius 1 is 1.14 bits per heavy atom. The van der Waals surface area contributed by atoms with E-state index in [1.54, 1.807) is 29.3 Å². The Bertz CT molecular complexity index is 814. The van der Waals surface area contributed by atoms with Crippen LogP contribution in [0.15, 0.2) is 36.5 Å². The summed E-state index contributed by atoms with van der Waals surface area (Å²) in [6, 6.07) is 8.00. The van der Waals surface area contributed by atoms with Crippen LogP contribution in [-0.2, 0) is 15.9 Å². The number of benzene rings is 1. The quantitative estimate of drug-likeness (QED) is 0.849. The Hall–Kier alpha value is -2.58. The lowest BCUT2D eigenvalue weighted by atomic mass is 10.0. The number of ether oxygens (including phenoxy) is 2. The minimum Gasteiger partial charge on any atom is -0.354 e. The second-order valence-corrected chi connectivity index (χ2v) is 6.97. The number of likely N-dealkylation sites (tertiary alicyclic amines) is 1. The number of carbonyl (C=O) groups is 1. The van der Waals surface area contributed by atoms with Crippen molar-refractivity contribution in [3.05, 3.63) is 53.6 Å². The lowest BCUT2D eigenvalue weighted by Crippen LogP contribution is -2.47. The molecule has 2 aliphatic rings. The first-order chi connectivity index (χ1) is 13.6. The summed E-state index contributed by atoms with van der Waals surface area (Å²) in [5.41, 5.74) is 1.38. The number of hydrogen-bond acceptors (Lipinski definition) is 6. The second-order valence-electron chi connectivity index (χ2n) is 6.97. The van der Waals surface area contributed by atoms with Crippen molar-refractivity contribution < 1.29 is 18.7 Å². The van der Waals surface area contributed by atoms with E-state index in [1.165, 1.54) is 12.1 Å². The van der Waals surface area contributed by atoms with Gasteiger partial charge in [-0.05, 0) is 30.2 Å². The number of nitrogens with zero attached hydrogens (tertiary/aromatic N) is 3. The summed E-state index contributed by atoms with van der Waals surface area (Å²) < 4.78 is 24.4. The van der Waals surface area contributed by atoms with Gasteiger partial charge in [-0.3, -0.25) is 4.79 Å². The molecule has 1 spiro atoms. The third-order valence-electron chi connectivity index (χ3n) is 5.11. The molecule has 148 valence electrons. The highest BCUT2D eigenvalue weighted by molar-refractivity contribution is 5.92. The van der Waals surface area contributed by atoms with Crippen LogP contribution in [0, 0.1) is 5.82 Å². The maximum absolute atomic E-state index is 12.9. The lowest BCUT2D eigenvalue weighted by molar-refractivity contribution is -0.181. The minimum absolute atomic E-state index is 0.114. The SMILES string of the molecule is O=C(c1ccnc(NCCc2ccc(F)cc2)n1)N1CCC2(CC1)OCCO2. The molecule has 1 N–H and O–H groups in total. The standard InChI is InChI=1S/C20H23FN4O3/c21-16-3-1-15(2-4-16)5-9-22-19-23-10-6-17(24-19)18(26)25-11-7-20(8-12-25)27-13-14-28-20/h1-4,6,10H,5,7-9,11-14H2,(H,22,23,24). The van der Waals surface area contributed by atoms with Gasteiger partial charge in [-0.1, -0.05) is 12.1 Å². The maximum Gasteiger partial charge on any atom is 0.272 e. The molecule has 2 fully saturated rings. The van der Waals surface area contributed by atoms with Gasteiger partial charge in [0.15, 0.2) is 5.79 Å². The van der Waals surface area contributed by atoms with Crippen molar-refractivity contribution >= 4 is 11.9 Å². The Kier molecular flexibility index (Phi) is 5.50. The molecule has 3 heterocycles. The number of rotatable bonds is 5. The highest BCUT2D eigenvalue weighted by Crippen LogP contribution is 2.31. The number of carbonyl (C=O) groups excluding carboxylic acids is 1. The van der Waals surface area contributed by atoms with Gasteiger partial charge >= 0.3 is 0 Å². The van der Waals surface area contributed by atoms with Gasteiger partial charge in [0.05, 0.1) is 13.2 Å². The number of amides is 1. The van der Waals surface area contributed by atoms with Crippen LogP contribution in [0.3, 0.4) is 0 Å². The van der Waals surface area contributed by atoms with Crippen LogP contribution in [0.1, 0.15) is 28.9 Å². The summed E-state index contributed by atoms with van der Waals surface area (Å²) in [5, 5.41) is 3.12. The number of aromatic nitrogens is 2. The molecule has 0 aliphatic carbocycles. The second kappa shape index (κ2) is 8.20. The highest BCUT2D eigenvalue weighted by Gasteiger charge is 2.41. The minimum atomic E-state index is -0.504. The monoisotopic (exact) mass is 386 g/mol. The number of halogens is 1. The number of piperidine rings is 1. The smallest absolute Gasteiger partial charge is 0.272 e. The van der Waals surface area contributed by atoms with E-state index in [1.807, 2.05) is 0 Å². The molecule has 28 heavy (non-hydrogen) atoms. The molecule has 0 saturated carbocycles. The van der Waals surface area contributed by atoms with Crippen molar-refractivity contribution in [1.82, 2.24) is 14.9 Å². The molecule has 4 rings (SSSR count). The average molecular weight is 386 g/mol. The molecule has 7 nitrogen and oxygen atoms in total. The van der Waals surface area contributed by atoms with Gasteiger partial charge in [-0.2, -0.15) is 0 Å². The van der Waals surface area contributed by atoms with Crippen molar-refractivity contribution in [3.8, 4) is 0 Å². The van der Waals surface area contributed by atoms with Gasteiger partial charge in [0.2, 0.25) is 5.95 Å². The third-order valence-corrected chi connectivity index (χ3v) is 5.11. The van der Waals surface area contributed by atoms with Gasteiger partial charge in [-0.15, -0.1) is 0 Å². The van der Waals surface area contributed by atoms with Crippen LogP contribution < -0.4 is 5.32 Å². The van der Waals surface area contributed by atoms with E-state index < -0.39 is 5.79 Å². The van der Waals surface area contributed by atoms with Gasteiger partial charge in [-0.25, -0.2) is 14.4 Å². The molecule has 1 aromatic carbocycles. The van der Waals surface area contributed by atoms with E-state index in [0.29, 0.717) is 63.8 Å². The molecule has 2 aromatic rings. The predicted octanol–water partition coefficient (Wildman–Crippen LogP) is 2.25. The summed E-state index contributed by atoms with van der Waals surface area (Å²) >= 11 is 0. The molecule has 0 bridgehead atoms. The Morgan fingerprint density at radius 3 is 2.57 bits per heavy atom. The first kappa shape index (κ1) is 18.8. The lowest BCUT2D eigenvalue weighted by Gasteiger charge is -2.37.